The maximum Gasteiger partial charge on any atom is 0.410 e. The second-order valence-electron chi connectivity index (χ2n) is 11.7. The summed E-state index contributed by atoms with van der Waals surface area (Å²) >= 11 is 0. The Hall–Kier alpha value is -2.82. The molecule has 5 heteroatoms. The van der Waals surface area contributed by atoms with Gasteiger partial charge in [-0.25, -0.2) is 9.18 Å². The zero-order valence-corrected chi connectivity index (χ0v) is 30.2. The number of piperazine rings is 1. The molecule has 43 heavy (non-hydrogen) atoms. The lowest BCUT2D eigenvalue weighted by Gasteiger charge is -2.42. The second-order valence-corrected chi connectivity index (χ2v) is 11.7. The quantitative estimate of drug-likeness (QED) is 0.234. The predicted molar refractivity (Wildman–Crippen MR) is 188 cm³/mol. The second kappa shape index (κ2) is 23.6. The van der Waals surface area contributed by atoms with Crippen molar-refractivity contribution in [3.63, 3.8) is 0 Å². The fraction of sp³-hybridized carbons (Fsp3) is 0.605. The number of nitrogens with zero attached hydrogens (tertiary/aromatic N) is 2. The van der Waals surface area contributed by atoms with Crippen LogP contribution in [0.25, 0.3) is 0 Å². The lowest BCUT2D eigenvalue weighted by molar-refractivity contribution is 0.00492. The zero-order valence-electron chi connectivity index (χ0n) is 30.2. The summed E-state index contributed by atoms with van der Waals surface area (Å²) in [6, 6.07) is 0.106. The lowest BCUT2D eigenvalue weighted by atomic mass is 9.96. The van der Waals surface area contributed by atoms with Crippen molar-refractivity contribution in [2.24, 2.45) is 0 Å². The van der Waals surface area contributed by atoms with Gasteiger partial charge in [0.2, 0.25) is 0 Å². The molecule has 0 N–H and O–H groups in total. The molecule has 0 aromatic carbocycles. The first kappa shape index (κ1) is 42.3. The number of hydrogen-bond acceptors (Lipinski definition) is 3. The van der Waals surface area contributed by atoms with Crippen molar-refractivity contribution < 1.29 is 13.9 Å². The molecule has 0 aromatic rings. The molecule has 0 spiro atoms. The monoisotopic (exact) mass is 601 g/mol. The standard InChI is InChI=1S/C24H40N2O2.C12H19F.C2H6/c1-10-12-13-14-19(4)22(18(3)11-2)21(6)25-15-16-26(20(5)17-25)23(27)28-24(7,8)9;1-4-6-7-9-12(13)10-11(3)8-5-2;1-2/h11-14,20H,10,15-17H2,1-9H3;6-7,9-10H,4-5,8H2,1-3H3;1-2H3/b13-12+,18-11-,19-14-,22-21+;7-6+,11-10+,12-9+;. The average Bonchev–Trinajstić information content (AvgIpc) is 2.93. The molecule has 1 atom stereocenters. The Morgan fingerprint density at radius 3 is 1.95 bits per heavy atom. The Morgan fingerprint density at radius 2 is 1.49 bits per heavy atom. The van der Waals surface area contributed by atoms with Crippen LogP contribution in [0, 0.1) is 0 Å². The van der Waals surface area contributed by atoms with Crippen molar-refractivity contribution in [1.82, 2.24) is 9.80 Å². The van der Waals surface area contributed by atoms with E-state index in [0.29, 0.717) is 6.54 Å². The molecule has 0 aliphatic carbocycles. The highest BCUT2D eigenvalue weighted by Crippen LogP contribution is 2.27. The summed E-state index contributed by atoms with van der Waals surface area (Å²) in [5.74, 6) is -0.157. The highest BCUT2D eigenvalue weighted by atomic mass is 19.1. The van der Waals surface area contributed by atoms with E-state index < -0.39 is 5.60 Å². The van der Waals surface area contributed by atoms with Gasteiger partial charge in [-0.1, -0.05) is 83.1 Å². The van der Waals surface area contributed by atoms with Crippen molar-refractivity contribution >= 4 is 6.09 Å². The number of allylic oxidation sites excluding steroid dienone is 14. The van der Waals surface area contributed by atoms with Crippen molar-refractivity contribution in [3.8, 4) is 0 Å². The molecular formula is C38H65FN2O2. The summed E-state index contributed by atoms with van der Waals surface area (Å²) in [5.41, 5.74) is 5.74. The van der Waals surface area contributed by atoms with E-state index in [1.54, 1.807) is 12.2 Å². The summed E-state index contributed by atoms with van der Waals surface area (Å²) in [5, 5.41) is 0. The Morgan fingerprint density at radius 1 is 0.930 bits per heavy atom. The van der Waals surface area contributed by atoms with Gasteiger partial charge < -0.3 is 14.5 Å². The average molecular weight is 601 g/mol. The van der Waals surface area contributed by atoms with Crippen LogP contribution in [-0.4, -0.2) is 47.2 Å². The van der Waals surface area contributed by atoms with Crippen molar-refractivity contribution in [2.75, 3.05) is 19.6 Å². The maximum atomic E-state index is 13.0. The molecule has 1 amide bonds. The van der Waals surface area contributed by atoms with Gasteiger partial charge in [0.15, 0.2) is 0 Å². The minimum Gasteiger partial charge on any atom is -0.444 e. The van der Waals surface area contributed by atoms with Crippen molar-refractivity contribution in [2.45, 2.75) is 134 Å². The van der Waals surface area contributed by atoms with Crippen LogP contribution in [0.1, 0.15) is 123 Å². The van der Waals surface area contributed by atoms with Crippen LogP contribution in [0.15, 0.2) is 82.4 Å². The first-order valence-electron chi connectivity index (χ1n) is 16.3. The third-order valence-corrected chi connectivity index (χ3v) is 6.69. The van der Waals surface area contributed by atoms with E-state index in [1.165, 1.54) is 28.5 Å². The molecule has 1 saturated heterocycles. The van der Waals surface area contributed by atoms with Gasteiger partial charge in [0.25, 0.3) is 0 Å². The maximum absolute atomic E-state index is 13.0. The minimum absolute atomic E-state index is 0.106. The van der Waals surface area contributed by atoms with E-state index in [-0.39, 0.29) is 18.0 Å². The fourth-order valence-corrected chi connectivity index (χ4v) is 4.52. The molecular weight excluding hydrogens is 535 g/mol. The number of carbonyl (C=O) groups is 1. The zero-order chi connectivity index (χ0) is 33.6. The summed E-state index contributed by atoms with van der Waals surface area (Å²) in [4.78, 5) is 16.7. The molecule has 1 rings (SSSR count). The van der Waals surface area contributed by atoms with Gasteiger partial charge in [-0.05, 0) is 110 Å². The SMILES string of the molecule is CC.CC/C=C/C=C(F)\C=C(/C)CCC.C\C=C(C)/C(C(/C)=C\C=C\CC)=C(/C)N1CCN(C(=O)OC(C)(C)C)C(C)C1. The first-order valence-corrected chi connectivity index (χ1v) is 16.3. The summed E-state index contributed by atoms with van der Waals surface area (Å²) < 4.78 is 18.6. The molecule has 1 fully saturated rings. The van der Waals surface area contributed by atoms with E-state index in [1.807, 2.05) is 59.4 Å². The number of ether oxygens (including phenoxy) is 1. The highest BCUT2D eigenvalue weighted by molar-refractivity contribution is 5.68. The number of carbonyl (C=O) groups excluding carboxylic acids is 1. The molecule has 1 unspecified atom stereocenters. The topological polar surface area (TPSA) is 32.8 Å². The number of hydrogen-bond donors (Lipinski definition) is 0. The largest absolute Gasteiger partial charge is 0.444 e. The van der Waals surface area contributed by atoms with E-state index >= 15 is 0 Å². The Labute approximate surface area is 265 Å². The fourth-order valence-electron chi connectivity index (χ4n) is 4.52. The van der Waals surface area contributed by atoms with Crippen molar-refractivity contribution in [1.29, 1.82) is 0 Å². The Bertz CT molecular complexity index is 1020. The molecule has 246 valence electrons. The first-order chi connectivity index (χ1) is 20.2. The van der Waals surface area contributed by atoms with Gasteiger partial charge in [0.05, 0.1) is 0 Å². The Kier molecular flexibility index (Phi) is 23.2. The van der Waals surface area contributed by atoms with E-state index in [4.69, 9.17) is 4.74 Å². The molecule has 4 nitrogen and oxygen atoms in total. The van der Waals surface area contributed by atoms with Crippen LogP contribution in [0.3, 0.4) is 0 Å². The van der Waals surface area contributed by atoms with Gasteiger partial charge in [0, 0.05) is 31.4 Å². The molecule has 0 radical (unpaired) electrons. The van der Waals surface area contributed by atoms with Crippen LogP contribution in [-0.2, 0) is 4.74 Å². The van der Waals surface area contributed by atoms with Crippen molar-refractivity contribution in [3.05, 3.63) is 82.4 Å². The van der Waals surface area contributed by atoms with Crippen LogP contribution in [0.5, 0.6) is 0 Å². The van der Waals surface area contributed by atoms with E-state index in [9.17, 15) is 9.18 Å². The molecule has 0 aromatic heterocycles. The molecule has 0 bridgehead atoms. The van der Waals surface area contributed by atoms with E-state index in [0.717, 1.165) is 44.3 Å². The summed E-state index contributed by atoms with van der Waals surface area (Å²) in [6.07, 6.45) is 19.3. The number of rotatable bonds is 10. The predicted octanol–water partition coefficient (Wildman–Crippen LogP) is 11.7. The minimum atomic E-state index is -0.464. The van der Waals surface area contributed by atoms with E-state index in [2.05, 4.69) is 77.7 Å². The van der Waals surface area contributed by atoms with Crippen LogP contribution in [0.4, 0.5) is 9.18 Å². The van der Waals surface area contributed by atoms with Crippen LogP contribution in [0.2, 0.25) is 0 Å². The normalized spacial score (nSPS) is 17.8. The third-order valence-electron chi connectivity index (χ3n) is 6.69. The number of amides is 1. The molecule has 0 saturated carbocycles. The van der Waals surface area contributed by atoms with Gasteiger partial charge in [-0.2, -0.15) is 0 Å². The van der Waals surface area contributed by atoms with Gasteiger partial charge in [-0.15, -0.1) is 0 Å². The van der Waals surface area contributed by atoms with Gasteiger partial charge >= 0.3 is 6.09 Å². The van der Waals surface area contributed by atoms with Crippen LogP contribution < -0.4 is 0 Å². The van der Waals surface area contributed by atoms with Crippen LogP contribution >= 0.6 is 0 Å². The highest BCUT2D eigenvalue weighted by Gasteiger charge is 2.31. The van der Waals surface area contributed by atoms with Gasteiger partial charge in [0.1, 0.15) is 11.4 Å². The summed E-state index contributed by atoms with van der Waals surface area (Å²) in [7, 11) is 0. The molecule has 1 heterocycles. The Balaban J connectivity index is 0. The molecule has 1 aliphatic heterocycles. The lowest BCUT2D eigenvalue weighted by Crippen LogP contribution is -2.54. The third kappa shape index (κ3) is 18.5. The summed E-state index contributed by atoms with van der Waals surface area (Å²) in [6.45, 7) is 31.0. The smallest absolute Gasteiger partial charge is 0.410 e. The number of halogens is 1. The molecule has 1 aliphatic rings. The van der Waals surface area contributed by atoms with Gasteiger partial charge in [-0.3, -0.25) is 0 Å².